The fourth-order valence-electron chi connectivity index (χ4n) is 3.28. The minimum atomic E-state index is -0.0722. The summed E-state index contributed by atoms with van der Waals surface area (Å²) in [4.78, 5) is 15.0. The number of hydrogen-bond donors (Lipinski definition) is 0. The van der Waals surface area contributed by atoms with Gasteiger partial charge in [0.05, 0.1) is 18.7 Å². The molecule has 26 heavy (non-hydrogen) atoms. The van der Waals surface area contributed by atoms with Gasteiger partial charge in [0.15, 0.2) is 11.5 Å². The molecule has 1 aliphatic rings. The topological polar surface area (TPSA) is 38.8 Å². The second kappa shape index (κ2) is 8.00. The zero-order valence-electron chi connectivity index (χ0n) is 15.5. The number of ether oxygens (including phenoxy) is 2. The maximum absolute atomic E-state index is 13.2. The molecule has 0 atom stereocenters. The predicted octanol–water partition coefficient (Wildman–Crippen LogP) is 5.04. The lowest BCUT2D eigenvalue weighted by atomic mass is 9.98. The van der Waals surface area contributed by atoms with Crippen LogP contribution in [0.5, 0.6) is 11.5 Å². The molecule has 0 unspecified atom stereocenters. The fraction of sp³-hybridized carbons (Fsp3) is 0.381. The highest BCUT2D eigenvalue weighted by Crippen LogP contribution is 2.38. The average molecular weight is 374 g/mol. The highest BCUT2D eigenvalue weighted by molar-refractivity contribution is 6.32. The van der Waals surface area contributed by atoms with Crippen LogP contribution < -0.4 is 14.4 Å². The Morgan fingerprint density at radius 2 is 2.08 bits per heavy atom. The lowest BCUT2D eigenvalue weighted by molar-refractivity contribution is 0.0984. The summed E-state index contributed by atoms with van der Waals surface area (Å²) < 4.78 is 11.1. The van der Waals surface area contributed by atoms with E-state index >= 15 is 0 Å². The Hall–Kier alpha value is -2.20. The molecule has 0 aliphatic carbocycles. The first-order valence-corrected chi connectivity index (χ1v) is 9.34. The van der Waals surface area contributed by atoms with Crippen molar-refractivity contribution < 1.29 is 14.3 Å². The van der Waals surface area contributed by atoms with Gasteiger partial charge in [0.2, 0.25) is 0 Å². The lowest BCUT2D eigenvalue weighted by Crippen LogP contribution is -2.35. The van der Waals surface area contributed by atoms with Crippen LogP contribution in [0.1, 0.15) is 41.3 Å². The second-order valence-corrected chi connectivity index (χ2v) is 6.94. The molecule has 1 heterocycles. The van der Waals surface area contributed by atoms with Crippen LogP contribution in [-0.2, 0) is 6.42 Å². The number of carbonyl (C=O) groups is 1. The summed E-state index contributed by atoms with van der Waals surface area (Å²) in [5.41, 5.74) is 3.91. The van der Waals surface area contributed by atoms with Crippen LogP contribution in [0, 0.1) is 6.92 Å². The Kier molecular flexibility index (Phi) is 5.72. The van der Waals surface area contributed by atoms with Crippen LogP contribution in [-0.4, -0.2) is 26.2 Å². The molecule has 0 fully saturated rings. The second-order valence-electron chi connectivity index (χ2n) is 6.53. The largest absolute Gasteiger partial charge is 0.493 e. The maximum atomic E-state index is 13.2. The molecule has 0 saturated carbocycles. The van der Waals surface area contributed by atoms with E-state index in [1.54, 1.807) is 19.2 Å². The zero-order chi connectivity index (χ0) is 18.7. The van der Waals surface area contributed by atoms with Crippen LogP contribution in [0.2, 0.25) is 5.02 Å². The number of fused-ring (bicyclic) bond motifs is 1. The molecule has 0 saturated heterocycles. The first kappa shape index (κ1) is 18.6. The third kappa shape index (κ3) is 3.65. The number of benzene rings is 2. The molecule has 4 nitrogen and oxygen atoms in total. The van der Waals surface area contributed by atoms with Gasteiger partial charge in [-0.3, -0.25) is 4.79 Å². The molecule has 1 aliphatic heterocycles. The number of carbonyl (C=O) groups excluding carboxylic acids is 1. The van der Waals surface area contributed by atoms with Gasteiger partial charge in [-0.2, -0.15) is 0 Å². The van der Waals surface area contributed by atoms with Gasteiger partial charge >= 0.3 is 0 Å². The molecule has 0 radical (unpaired) electrons. The van der Waals surface area contributed by atoms with Gasteiger partial charge in [0.1, 0.15) is 0 Å². The lowest BCUT2D eigenvalue weighted by Gasteiger charge is -2.30. The average Bonchev–Trinajstić information content (AvgIpc) is 2.65. The van der Waals surface area contributed by atoms with Gasteiger partial charge in [-0.15, -0.1) is 0 Å². The van der Waals surface area contributed by atoms with Crippen molar-refractivity contribution in [3.8, 4) is 11.5 Å². The molecule has 0 spiro atoms. The summed E-state index contributed by atoms with van der Waals surface area (Å²) in [5.74, 6) is 0.898. The van der Waals surface area contributed by atoms with Crippen molar-refractivity contribution in [3.05, 3.63) is 52.0 Å². The summed E-state index contributed by atoms with van der Waals surface area (Å²) in [7, 11) is 1.55. The van der Waals surface area contributed by atoms with Crippen LogP contribution in [0.3, 0.4) is 0 Å². The van der Waals surface area contributed by atoms with Crippen LogP contribution in [0.4, 0.5) is 5.69 Å². The number of methoxy groups -OCH3 is 1. The summed E-state index contributed by atoms with van der Waals surface area (Å²) in [6, 6.07) is 9.60. The van der Waals surface area contributed by atoms with E-state index in [1.807, 2.05) is 24.0 Å². The zero-order valence-corrected chi connectivity index (χ0v) is 16.2. The van der Waals surface area contributed by atoms with Crippen molar-refractivity contribution in [1.29, 1.82) is 0 Å². The van der Waals surface area contributed by atoms with E-state index < -0.39 is 0 Å². The molecule has 0 bridgehead atoms. The number of anilines is 1. The first-order valence-electron chi connectivity index (χ1n) is 8.97. The van der Waals surface area contributed by atoms with E-state index in [-0.39, 0.29) is 5.91 Å². The van der Waals surface area contributed by atoms with Gasteiger partial charge in [-0.05, 0) is 49.9 Å². The molecule has 0 aromatic heterocycles. The summed E-state index contributed by atoms with van der Waals surface area (Å²) >= 11 is 6.38. The highest BCUT2D eigenvalue weighted by Gasteiger charge is 2.25. The summed E-state index contributed by atoms with van der Waals surface area (Å²) in [5, 5.41) is 0.391. The van der Waals surface area contributed by atoms with Crippen molar-refractivity contribution in [2.45, 2.75) is 33.1 Å². The molecule has 1 amide bonds. The Morgan fingerprint density at radius 3 is 2.81 bits per heavy atom. The van der Waals surface area contributed by atoms with E-state index in [2.05, 4.69) is 13.0 Å². The molecule has 5 heteroatoms. The van der Waals surface area contributed by atoms with Gasteiger partial charge in [0, 0.05) is 17.8 Å². The molecular weight excluding hydrogens is 350 g/mol. The first-order chi connectivity index (χ1) is 12.5. The fourth-order valence-corrected chi connectivity index (χ4v) is 3.55. The van der Waals surface area contributed by atoms with E-state index in [9.17, 15) is 4.79 Å². The molecule has 138 valence electrons. The quantitative estimate of drug-likeness (QED) is 0.737. The third-order valence-corrected chi connectivity index (χ3v) is 4.81. The van der Waals surface area contributed by atoms with Crippen LogP contribution in [0.15, 0.2) is 30.3 Å². The number of halogens is 1. The number of hydrogen-bond acceptors (Lipinski definition) is 3. The molecule has 2 aromatic rings. The smallest absolute Gasteiger partial charge is 0.258 e. The number of aryl methyl sites for hydroxylation is 2. The summed E-state index contributed by atoms with van der Waals surface area (Å²) in [6.07, 6.45) is 2.81. The van der Waals surface area contributed by atoms with Gasteiger partial charge in [0.25, 0.3) is 5.91 Å². The standard InChI is InChI=1S/C21H24ClNO3/c1-4-10-26-20-17(22)12-16(13-19(20)25-3)21(24)23-9-5-6-15-11-14(2)7-8-18(15)23/h7-8,11-13H,4-6,9-10H2,1-3H3. The Balaban J connectivity index is 1.95. The SMILES string of the molecule is CCCOc1c(Cl)cc(C(=O)N2CCCc3cc(C)ccc32)cc1OC. The third-order valence-electron chi connectivity index (χ3n) is 4.53. The number of nitrogens with zero attached hydrogens (tertiary/aromatic N) is 1. The van der Waals surface area contributed by atoms with Crippen LogP contribution >= 0.6 is 11.6 Å². The summed E-state index contributed by atoms with van der Waals surface area (Å²) in [6.45, 7) is 5.33. The highest BCUT2D eigenvalue weighted by atomic mass is 35.5. The molecule has 3 rings (SSSR count). The van der Waals surface area contributed by atoms with Crippen molar-refractivity contribution in [3.63, 3.8) is 0 Å². The van der Waals surface area contributed by atoms with Crippen molar-refractivity contribution in [2.75, 3.05) is 25.2 Å². The number of amides is 1. The monoisotopic (exact) mass is 373 g/mol. The van der Waals surface area contributed by atoms with E-state index in [0.29, 0.717) is 35.2 Å². The Morgan fingerprint density at radius 1 is 1.27 bits per heavy atom. The van der Waals surface area contributed by atoms with Gasteiger partial charge in [-0.25, -0.2) is 0 Å². The van der Waals surface area contributed by atoms with Crippen molar-refractivity contribution >= 4 is 23.2 Å². The predicted molar refractivity (Wildman–Crippen MR) is 105 cm³/mol. The normalized spacial score (nSPS) is 13.3. The van der Waals surface area contributed by atoms with Gasteiger partial charge < -0.3 is 14.4 Å². The van der Waals surface area contributed by atoms with Crippen molar-refractivity contribution in [1.82, 2.24) is 0 Å². The van der Waals surface area contributed by atoms with Crippen molar-refractivity contribution in [2.24, 2.45) is 0 Å². The number of rotatable bonds is 5. The maximum Gasteiger partial charge on any atom is 0.258 e. The van der Waals surface area contributed by atoms with E-state index in [0.717, 1.165) is 24.9 Å². The Labute approximate surface area is 159 Å². The minimum absolute atomic E-state index is 0.0722. The van der Waals surface area contributed by atoms with Crippen LogP contribution in [0.25, 0.3) is 0 Å². The van der Waals surface area contributed by atoms with E-state index in [4.69, 9.17) is 21.1 Å². The minimum Gasteiger partial charge on any atom is -0.493 e. The molecule has 0 N–H and O–H groups in total. The van der Waals surface area contributed by atoms with E-state index in [1.165, 1.54) is 11.1 Å². The molecule has 2 aromatic carbocycles. The van der Waals surface area contributed by atoms with Gasteiger partial charge in [-0.1, -0.05) is 36.2 Å². The molecular formula is C21H24ClNO3. The Bertz CT molecular complexity index is 819.